The van der Waals surface area contributed by atoms with E-state index in [2.05, 4.69) is 30.2 Å². The first-order valence-electron chi connectivity index (χ1n) is 8.47. The fraction of sp³-hybridized carbons (Fsp3) is 0.421. The van der Waals surface area contributed by atoms with Gasteiger partial charge in [-0.05, 0) is 39.2 Å². The highest BCUT2D eigenvalue weighted by Gasteiger charge is 2.19. The van der Waals surface area contributed by atoms with Crippen molar-refractivity contribution < 1.29 is 9.90 Å². The molecule has 1 aliphatic rings. The monoisotopic (exact) mass is 343 g/mol. The summed E-state index contributed by atoms with van der Waals surface area (Å²) in [4.78, 5) is 28.7. The zero-order chi connectivity index (χ0) is 18.6. The fourth-order valence-electron chi connectivity index (χ4n) is 2.58. The molecule has 0 bridgehead atoms. The van der Waals surface area contributed by atoms with Crippen molar-refractivity contribution in [2.24, 2.45) is 0 Å². The minimum Gasteiger partial charge on any atom is -0.501 e. The van der Waals surface area contributed by atoms with E-state index < -0.39 is 17.2 Å². The van der Waals surface area contributed by atoms with E-state index in [0.29, 0.717) is 18.9 Å². The Bertz CT molecular complexity index is 829. The van der Waals surface area contributed by atoms with Gasteiger partial charge in [0.1, 0.15) is 5.82 Å². The summed E-state index contributed by atoms with van der Waals surface area (Å²) < 4.78 is 1.37. The van der Waals surface area contributed by atoms with E-state index in [1.807, 2.05) is 19.1 Å². The molecule has 0 saturated carbocycles. The third-order valence-electron chi connectivity index (χ3n) is 4.34. The molecule has 0 radical (unpaired) electrons. The van der Waals surface area contributed by atoms with Gasteiger partial charge in [-0.3, -0.25) is 14.2 Å². The van der Waals surface area contributed by atoms with Crippen LogP contribution >= 0.6 is 0 Å². The molecule has 2 rings (SSSR count). The Labute approximate surface area is 147 Å². The Morgan fingerprint density at radius 2 is 2.04 bits per heavy atom. The van der Waals surface area contributed by atoms with Gasteiger partial charge in [0, 0.05) is 13.1 Å². The number of aryl methyl sites for hydroxylation is 1. The highest BCUT2D eigenvalue weighted by atomic mass is 16.3. The van der Waals surface area contributed by atoms with E-state index in [1.54, 1.807) is 6.92 Å². The van der Waals surface area contributed by atoms with Crippen LogP contribution in [0.3, 0.4) is 0 Å². The molecule has 0 aliphatic heterocycles. The van der Waals surface area contributed by atoms with Gasteiger partial charge >= 0.3 is 0 Å². The maximum absolute atomic E-state index is 12.4. The van der Waals surface area contributed by atoms with Crippen molar-refractivity contribution in [2.75, 3.05) is 6.54 Å². The number of hydrogen-bond acceptors (Lipinski definition) is 4. The molecule has 0 saturated heterocycles. The normalized spacial score (nSPS) is 14.3. The summed E-state index contributed by atoms with van der Waals surface area (Å²) in [7, 11) is 0. The Morgan fingerprint density at radius 1 is 1.32 bits per heavy atom. The van der Waals surface area contributed by atoms with Crippen LogP contribution in [0.2, 0.25) is 0 Å². The molecule has 6 nitrogen and oxygen atoms in total. The van der Waals surface area contributed by atoms with Crippen molar-refractivity contribution >= 4 is 5.91 Å². The zero-order valence-electron chi connectivity index (χ0n) is 15.2. The first kappa shape index (κ1) is 18.7. The Hall–Kier alpha value is -2.63. The summed E-state index contributed by atoms with van der Waals surface area (Å²) in [5, 5.41) is 12.8. The molecule has 0 unspecified atom stereocenters. The van der Waals surface area contributed by atoms with Crippen LogP contribution in [0.1, 0.15) is 49.9 Å². The molecule has 0 spiro atoms. The Morgan fingerprint density at radius 3 is 2.72 bits per heavy atom. The quantitative estimate of drug-likeness (QED) is 0.861. The summed E-state index contributed by atoms with van der Waals surface area (Å²) >= 11 is 0. The van der Waals surface area contributed by atoms with Crippen molar-refractivity contribution in [1.29, 1.82) is 0 Å². The number of amides is 1. The van der Waals surface area contributed by atoms with E-state index >= 15 is 0 Å². The second-order valence-electron chi connectivity index (χ2n) is 6.28. The first-order chi connectivity index (χ1) is 11.8. The van der Waals surface area contributed by atoms with Crippen molar-refractivity contribution in [2.45, 2.75) is 47.1 Å². The maximum Gasteiger partial charge on any atom is 0.296 e. The standard InChI is InChI=1S/C19H25N3O3/c1-5-10-22-14(4)21-16(17(23)19(22)25)18(24)20-11-15-8-6-12(2)13(3)7-9-15/h6,8-9,23H,5,7,10-11H2,1-4H3,(H,20,24). The van der Waals surface area contributed by atoms with Gasteiger partial charge in [-0.2, -0.15) is 0 Å². The fourth-order valence-corrected chi connectivity index (χ4v) is 2.58. The molecular formula is C19H25N3O3. The first-order valence-corrected chi connectivity index (χ1v) is 8.47. The van der Waals surface area contributed by atoms with Crippen LogP contribution in [0.25, 0.3) is 0 Å². The van der Waals surface area contributed by atoms with Gasteiger partial charge in [-0.25, -0.2) is 4.98 Å². The molecule has 1 aromatic rings. The van der Waals surface area contributed by atoms with Crippen LogP contribution in [-0.2, 0) is 6.54 Å². The van der Waals surface area contributed by atoms with Gasteiger partial charge in [-0.15, -0.1) is 0 Å². The summed E-state index contributed by atoms with van der Waals surface area (Å²) in [6, 6.07) is 0. The lowest BCUT2D eigenvalue weighted by atomic mass is 10.1. The number of carbonyl (C=O) groups is 1. The third-order valence-corrected chi connectivity index (χ3v) is 4.34. The van der Waals surface area contributed by atoms with E-state index in [4.69, 9.17) is 0 Å². The predicted octanol–water partition coefficient (Wildman–Crippen LogP) is 2.62. The molecule has 1 amide bonds. The summed E-state index contributed by atoms with van der Waals surface area (Å²) in [5.74, 6) is -0.740. The van der Waals surface area contributed by atoms with E-state index in [-0.39, 0.29) is 5.69 Å². The second-order valence-corrected chi connectivity index (χ2v) is 6.28. The van der Waals surface area contributed by atoms with Crippen LogP contribution in [0.15, 0.2) is 39.7 Å². The lowest BCUT2D eigenvalue weighted by Gasteiger charge is -2.12. The maximum atomic E-state index is 12.4. The lowest BCUT2D eigenvalue weighted by molar-refractivity contribution is 0.0948. The molecule has 0 atom stereocenters. The molecule has 2 N–H and O–H groups in total. The molecule has 1 heterocycles. The highest BCUT2D eigenvalue weighted by molar-refractivity contribution is 5.94. The van der Waals surface area contributed by atoms with E-state index in [0.717, 1.165) is 18.4 Å². The summed E-state index contributed by atoms with van der Waals surface area (Å²) in [5.41, 5.74) is 2.67. The molecule has 1 aliphatic carbocycles. The Balaban J connectivity index is 2.15. The average Bonchev–Trinajstić information content (AvgIpc) is 2.75. The third kappa shape index (κ3) is 4.26. The number of aromatic hydroxyl groups is 1. The minimum atomic E-state index is -0.602. The highest BCUT2D eigenvalue weighted by Crippen LogP contribution is 2.17. The minimum absolute atomic E-state index is 0.224. The zero-order valence-corrected chi connectivity index (χ0v) is 15.2. The van der Waals surface area contributed by atoms with Crippen LogP contribution in [0, 0.1) is 6.92 Å². The van der Waals surface area contributed by atoms with Gasteiger partial charge in [0.15, 0.2) is 5.69 Å². The number of allylic oxidation sites excluding steroid dienone is 4. The topological polar surface area (TPSA) is 84.2 Å². The molecule has 6 heteroatoms. The smallest absolute Gasteiger partial charge is 0.296 e. The molecule has 0 fully saturated rings. The molecule has 1 aromatic heterocycles. The van der Waals surface area contributed by atoms with Crippen molar-refractivity contribution in [1.82, 2.24) is 14.9 Å². The van der Waals surface area contributed by atoms with Crippen molar-refractivity contribution in [3.8, 4) is 5.75 Å². The van der Waals surface area contributed by atoms with E-state index in [1.165, 1.54) is 15.7 Å². The van der Waals surface area contributed by atoms with Gasteiger partial charge in [0.05, 0.1) is 0 Å². The predicted molar refractivity (Wildman–Crippen MR) is 97.7 cm³/mol. The number of aromatic nitrogens is 2. The van der Waals surface area contributed by atoms with Crippen molar-refractivity contribution in [3.63, 3.8) is 0 Å². The molecule has 134 valence electrons. The van der Waals surface area contributed by atoms with Crippen LogP contribution in [-0.4, -0.2) is 27.1 Å². The number of hydrogen-bond donors (Lipinski definition) is 2. The molecule has 25 heavy (non-hydrogen) atoms. The van der Waals surface area contributed by atoms with Crippen molar-refractivity contribution in [3.05, 3.63) is 56.8 Å². The SMILES string of the molecule is CCCn1c(C)nc(C(=O)NCC2=CCC(C)=C(C)C=C2)c(O)c1=O. The second kappa shape index (κ2) is 7.96. The van der Waals surface area contributed by atoms with Gasteiger partial charge in [0.2, 0.25) is 5.75 Å². The lowest BCUT2D eigenvalue weighted by Crippen LogP contribution is -2.31. The van der Waals surface area contributed by atoms with Crippen LogP contribution in [0.5, 0.6) is 5.75 Å². The molecule has 0 aromatic carbocycles. The molecular weight excluding hydrogens is 318 g/mol. The number of carbonyl (C=O) groups excluding carboxylic acids is 1. The number of rotatable bonds is 5. The average molecular weight is 343 g/mol. The van der Waals surface area contributed by atoms with Crippen LogP contribution < -0.4 is 10.9 Å². The van der Waals surface area contributed by atoms with Gasteiger partial charge < -0.3 is 10.4 Å². The Kier molecular flexibility index (Phi) is 5.96. The van der Waals surface area contributed by atoms with Gasteiger partial charge in [0.25, 0.3) is 11.5 Å². The summed E-state index contributed by atoms with van der Waals surface area (Å²) in [6.07, 6.45) is 7.61. The number of nitrogens with one attached hydrogen (secondary N) is 1. The summed E-state index contributed by atoms with van der Waals surface area (Å²) in [6.45, 7) is 8.48. The number of nitrogens with zero attached hydrogens (tertiary/aromatic N) is 2. The van der Waals surface area contributed by atoms with E-state index in [9.17, 15) is 14.7 Å². The largest absolute Gasteiger partial charge is 0.501 e. The van der Waals surface area contributed by atoms with Gasteiger partial charge in [-0.1, -0.05) is 36.3 Å². The van der Waals surface area contributed by atoms with Crippen LogP contribution in [0.4, 0.5) is 0 Å².